The third-order valence-electron chi connectivity index (χ3n) is 1.96. The van der Waals surface area contributed by atoms with Crippen LogP contribution in [0.3, 0.4) is 0 Å². The third kappa shape index (κ3) is 3.35. The second kappa shape index (κ2) is 5.97. The Morgan fingerprint density at radius 2 is 2.15 bits per heavy atom. The van der Waals surface area contributed by atoms with Crippen LogP contribution in [0.4, 0.5) is 5.13 Å². The Hall–Kier alpha value is -0.570. The topological polar surface area (TPSA) is 16.1 Å². The van der Waals surface area contributed by atoms with Gasteiger partial charge in [-0.05, 0) is 12.8 Å². The lowest BCUT2D eigenvalue weighted by atomic mass is 10.3. The fraction of sp³-hybridized carbons (Fsp3) is 0.700. The minimum absolute atomic E-state index is 1.13. The van der Waals surface area contributed by atoms with Gasteiger partial charge in [-0.2, -0.15) is 0 Å². The Kier molecular flexibility index (Phi) is 4.83. The van der Waals surface area contributed by atoms with Gasteiger partial charge in [-0.25, -0.2) is 4.98 Å². The number of rotatable bonds is 6. The molecule has 0 N–H and O–H groups in total. The van der Waals surface area contributed by atoms with E-state index in [0.717, 1.165) is 13.1 Å². The summed E-state index contributed by atoms with van der Waals surface area (Å²) in [5, 5.41) is 3.22. The smallest absolute Gasteiger partial charge is 0.185 e. The molecule has 0 aliphatic rings. The fourth-order valence-corrected chi connectivity index (χ4v) is 1.99. The van der Waals surface area contributed by atoms with E-state index in [-0.39, 0.29) is 0 Å². The first-order valence-electron chi connectivity index (χ1n) is 5.03. The van der Waals surface area contributed by atoms with Crippen LogP contribution in [-0.2, 0) is 0 Å². The highest BCUT2D eigenvalue weighted by Crippen LogP contribution is 2.17. The van der Waals surface area contributed by atoms with Crippen molar-refractivity contribution in [3.05, 3.63) is 11.6 Å². The summed E-state index contributed by atoms with van der Waals surface area (Å²) in [6, 6.07) is 0. The van der Waals surface area contributed by atoms with Crippen LogP contribution in [0.25, 0.3) is 0 Å². The Morgan fingerprint density at radius 1 is 1.31 bits per heavy atom. The molecule has 1 aromatic heterocycles. The number of hydrogen-bond donors (Lipinski definition) is 0. The lowest BCUT2D eigenvalue weighted by Crippen LogP contribution is -2.24. The van der Waals surface area contributed by atoms with Gasteiger partial charge in [-0.15, -0.1) is 11.3 Å². The molecule has 0 saturated carbocycles. The number of hydrogen-bond acceptors (Lipinski definition) is 3. The van der Waals surface area contributed by atoms with E-state index in [2.05, 4.69) is 23.7 Å². The predicted octanol–water partition coefficient (Wildman–Crippen LogP) is 3.16. The molecule has 0 aliphatic heterocycles. The van der Waals surface area contributed by atoms with Crippen LogP contribution in [0, 0.1) is 0 Å². The molecule has 0 amide bonds. The Bertz CT molecular complexity index is 209. The fourth-order valence-electron chi connectivity index (χ4n) is 1.29. The zero-order valence-corrected chi connectivity index (χ0v) is 9.31. The van der Waals surface area contributed by atoms with Crippen molar-refractivity contribution in [3.63, 3.8) is 0 Å². The molecule has 0 saturated heterocycles. The average molecular weight is 198 g/mol. The number of nitrogens with zero attached hydrogens (tertiary/aromatic N) is 2. The molecule has 3 heteroatoms. The van der Waals surface area contributed by atoms with Gasteiger partial charge in [0, 0.05) is 24.7 Å². The van der Waals surface area contributed by atoms with Crippen molar-refractivity contribution in [1.29, 1.82) is 0 Å². The molecule has 0 fully saturated rings. The first kappa shape index (κ1) is 10.5. The number of anilines is 1. The van der Waals surface area contributed by atoms with Crippen LogP contribution in [-0.4, -0.2) is 18.1 Å². The van der Waals surface area contributed by atoms with Crippen LogP contribution >= 0.6 is 11.3 Å². The van der Waals surface area contributed by atoms with Gasteiger partial charge in [0.15, 0.2) is 5.13 Å². The molecule has 74 valence electrons. The maximum Gasteiger partial charge on any atom is 0.185 e. The molecular formula is C10H18N2S. The summed E-state index contributed by atoms with van der Waals surface area (Å²) in [5.41, 5.74) is 0. The minimum atomic E-state index is 1.13. The zero-order valence-electron chi connectivity index (χ0n) is 8.49. The van der Waals surface area contributed by atoms with E-state index in [1.807, 2.05) is 11.6 Å². The zero-order chi connectivity index (χ0) is 9.52. The highest BCUT2D eigenvalue weighted by Gasteiger charge is 2.05. The Morgan fingerprint density at radius 3 is 2.69 bits per heavy atom. The molecule has 13 heavy (non-hydrogen) atoms. The van der Waals surface area contributed by atoms with Gasteiger partial charge in [-0.1, -0.05) is 20.3 Å². The summed E-state index contributed by atoms with van der Waals surface area (Å²) in [7, 11) is 0. The quantitative estimate of drug-likeness (QED) is 0.698. The van der Waals surface area contributed by atoms with Crippen molar-refractivity contribution in [2.45, 2.75) is 33.1 Å². The number of thiazole rings is 1. The molecule has 1 heterocycles. The van der Waals surface area contributed by atoms with E-state index >= 15 is 0 Å². The number of unbranched alkanes of at least 4 members (excludes halogenated alkanes) is 1. The molecule has 0 aromatic carbocycles. The van der Waals surface area contributed by atoms with Gasteiger partial charge in [-0.3, -0.25) is 0 Å². The van der Waals surface area contributed by atoms with Crippen molar-refractivity contribution in [3.8, 4) is 0 Å². The van der Waals surface area contributed by atoms with Crippen LogP contribution in [0.15, 0.2) is 11.6 Å². The number of aromatic nitrogens is 1. The van der Waals surface area contributed by atoms with Gasteiger partial charge in [0.05, 0.1) is 0 Å². The van der Waals surface area contributed by atoms with Crippen molar-refractivity contribution >= 4 is 16.5 Å². The lowest BCUT2D eigenvalue weighted by molar-refractivity contribution is 0.702. The van der Waals surface area contributed by atoms with E-state index in [0.29, 0.717) is 0 Å². The summed E-state index contributed by atoms with van der Waals surface area (Å²) in [5.74, 6) is 0. The Labute approximate surface area is 84.6 Å². The summed E-state index contributed by atoms with van der Waals surface area (Å²) in [4.78, 5) is 6.72. The van der Waals surface area contributed by atoms with Crippen molar-refractivity contribution in [1.82, 2.24) is 4.98 Å². The lowest BCUT2D eigenvalue weighted by Gasteiger charge is -2.20. The third-order valence-corrected chi connectivity index (χ3v) is 2.80. The maximum atomic E-state index is 4.33. The summed E-state index contributed by atoms with van der Waals surface area (Å²) in [6.07, 6.45) is 5.60. The second-order valence-corrected chi connectivity index (χ2v) is 4.03. The average Bonchev–Trinajstić information content (AvgIpc) is 2.65. The molecule has 0 unspecified atom stereocenters. The van der Waals surface area contributed by atoms with E-state index < -0.39 is 0 Å². The van der Waals surface area contributed by atoms with Crippen LogP contribution in [0.1, 0.15) is 33.1 Å². The molecule has 0 atom stereocenters. The van der Waals surface area contributed by atoms with Gasteiger partial charge >= 0.3 is 0 Å². The van der Waals surface area contributed by atoms with Crippen LogP contribution in [0.2, 0.25) is 0 Å². The first-order chi connectivity index (χ1) is 6.38. The van der Waals surface area contributed by atoms with E-state index in [9.17, 15) is 0 Å². The Balaban J connectivity index is 2.47. The molecule has 1 aromatic rings. The highest BCUT2D eigenvalue weighted by atomic mass is 32.1. The molecule has 0 aliphatic carbocycles. The first-order valence-corrected chi connectivity index (χ1v) is 5.90. The van der Waals surface area contributed by atoms with E-state index in [1.165, 1.54) is 24.4 Å². The molecule has 1 rings (SSSR count). The molecule has 2 nitrogen and oxygen atoms in total. The van der Waals surface area contributed by atoms with Crippen LogP contribution < -0.4 is 4.90 Å². The molecule has 0 radical (unpaired) electrons. The van der Waals surface area contributed by atoms with Gasteiger partial charge in [0.25, 0.3) is 0 Å². The molecule has 0 bridgehead atoms. The molecule has 0 spiro atoms. The van der Waals surface area contributed by atoms with E-state index in [4.69, 9.17) is 0 Å². The summed E-state index contributed by atoms with van der Waals surface area (Å²) in [6.45, 7) is 6.73. The monoisotopic (exact) mass is 198 g/mol. The van der Waals surface area contributed by atoms with Crippen molar-refractivity contribution < 1.29 is 0 Å². The van der Waals surface area contributed by atoms with Crippen molar-refractivity contribution in [2.75, 3.05) is 18.0 Å². The van der Waals surface area contributed by atoms with Crippen LogP contribution in [0.5, 0.6) is 0 Å². The van der Waals surface area contributed by atoms with Crippen molar-refractivity contribution in [2.24, 2.45) is 0 Å². The highest BCUT2D eigenvalue weighted by molar-refractivity contribution is 7.13. The normalized spacial score (nSPS) is 10.3. The second-order valence-electron chi connectivity index (χ2n) is 3.16. The summed E-state index contributed by atoms with van der Waals surface area (Å²) >= 11 is 1.74. The summed E-state index contributed by atoms with van der Waals surface area (Å²) < 4.78 is 0. The van der Waals surface area contributed by atoms with Gasteiger partial charge in [0.2, 0.25) is 0 Å². The molecular weight excluding hydrogens is 180 g/mol. The maximum absolute atomic E-state index is 4.33. The van der Waals surface area contributed by atoms with Gasteiger partial charge < -0.3 is 4.90 Å². The minimum Gasteiger partial charge on any atom is -0.348 e. The van der Waals surface area contributed by atoms with E-state index in [1.54, 1.807) is 11.3 Å². The standard InChI is InChI=1S/C10H18N2S/c1-3-5-8-12(7-4-2)10-11-6-9-13-10/h6,9H,3-5,7-8H2,1-2H3. The SMILES string of the molecule is CCCCN(CCC)c1nccs1. The largest absolute Gasteiger partial charge is 0.348 e. The predicted molar refractivity (Wildman–Crippen MR) is 59.5 cm³/mol. The van der Waals surface area contributed by atoms with Gasteiger partial charge in [0.1, 0.15) is 0 Å².